The van der Waals surface area contributed by atoms with Gasteiger partial charge in [-0.3, -0.25) is 9.29 Å². The highest BCUT2D eigenvalue weighted by atomic mass is 19.1. The van der Waals surface area contributed by atoms with E-state index in [4.69, 9.17) is 9.84 Å². The van der Waals surface area contributed by atoms with Gasteiger partial charge >= 0.3 is 12.2 Å². The third-order valence-corrected chi connectivity index (χ3v) is 4.81. The Morgan fingerprint density at radius 2 is 1.97 bits per heavy atom. The van der Waals surface area contributed by atoms with Gasteiger partial charge in [0.25, 0.3) is 0 Å². The molecule has 1 heterocycles. The molecule has 1 aliphatic heterocycles. The van der Waals surface area contributed by atoms with Crippen LogP contribution in [-0.2, 0) is 11.3 Å². The maximum absolute atomic E-state index is 14.7. The standard InChI is InChI=1S/C21H22F2N2O5/c22-8-1-9-24(20(27)28)11-14-2-4-15(5-3-14)18-7-6-16(10-19(18)23)25-12-17(13-26)30-21(25)29/h2-7,10,17,26H,1,8-9,11-13H2,(H,27,28). The van der Waals surface area contributed by atoms with Crippen molar-refractivity contribution in [1.29, 1.82) is 0 Å². The van der Waals surface area contributed by atoms with Gasteiger partial charge in [0.15, 0.2) is 0 Å². The summed E-state index contributed by atoms with van der Waals surface area (Å²) >= 11 is 0. The predicted molar refractivity (Wildman–Crippen MR) is 106 cm³/mol. The van der Waals surface area contributed by atoms with Gasteiger partial charge in [-0.05, 0) is 35.7 Å². The molecule has 0 bridgehead atoms. The predicted octanol–water partition coefficient (Wildman–Crippen LogP) is 3.65. The lowest BCUT2D eigenvalue weighted by molar-refractivity contribution is 0.0963. The highest BCUT2D eigenvalue weighted by Crippen LogP contribution is 2.29. The summed E-state index contributed by atoms with van der Waals surface area (Å²) in [6.45, 7) is -0.540. The number of anilines is 1. The summed E-state index contributed by atoms with van der Waals surface area (Å²) in [5.74, 6) is -0.532. The first-order valence-electron chi connectivity index (χ1n) is 9.44. The lowest BCUT2D eigenvalue weighted by Crippen LogP contribution is -2.30. The van der Waals surface area contributed by atoms with Crippen LogP contribution in [0.2, 0.25) is 0 Å². The van der Waals surface area contributed by atoms with Gasteiger partial charge in [-0.1, -0.05) is 24.3 Å². The van der Waals surface area contributed by atoms with Gasteiger partial charge in [0.1, 0.15) is 11.9 Å². The minimum atomic E-state index is -1.13. The summed E-state index contributed by atoms with van der Waals surface area (Å²) in [6, 6.07) is 11.1. The van der Waals surface area contributed by atoms with Crippen LogP contribution in [0.3, 0.4) is 0 Å². The lowest BCUT2D eigenvalue weighted by Gasteiger charge is -2.19. The molecule has 0 aliphatic carbocycles. The van der Waals surface area contributed by atoms with Gasteiger partial charge in [-0.25, -0.2) is 14.0 Å². The fourth-order valence-electron chi connectivity index (χ4n) is 3.24. The molecule has 0 radical (unpaired) electrons. The molecule has 1 aliphatic rings. The highest BCUT2D eigenvalue weighted by molar-refractivity contribution is 5.90. The van der Waals surface area contributed by atoms with E-state index in [1.54, 1.807) is 36.4 Å². The zero-order valence-electron chi connectivity index (χ0n) is 16.1. The zero-order chi connectivity index (χ0) is 21.7. The maximum Gasteiger partial charge on any atom is 0.414 e. The number of cyclic esters (lactones) is 1. The molecule has 1 saturated heterocycles. The minimum Gasteiger partial charge on any atom is -0.465 e. The number of rotatable bonds is 8. The number of alkyl halides is 1. The topological polar surface area (TPSA) is 90.3 Å². The van der Waals surface area contributed by atoms with E-state index in [0.717, 1.165) is 4.90 Å². The summed E-state index contributed by atoms with van der Waals surface area (Å²) in [4.78, 5) is 25.5. The third kappa shape index (κ3) is 4.85. The quantitative estimate of drug-likeness (QED) is 0.680. The third-order valence-electron chi connectivity index (χ3n) is 4.81. The molecule has 0 saturated carbocycles. The van der Waals surface area contributed by atoms with Crippen LogP contribution < -0.4 is 4.90 Å². The average molecular weight is 420 g/mol. The SMILES string of the molecule is O=C(O)N(CCCF)Cc1ccc(-c2ccc(N3CC(CO)OC3=O)cc2F)cc1. The Hall–Kier alpha value is -3.20. The molecule has 1 fully saturated rings. The summed E-state index contributed by atoms with van der Waals surface area (Å²) in [7, 11) is 0. The van der Waals surface area contributed by atoms with E-state index < -0.39 is 30.8 Å². The first-order valence-corrected chi connectivity index (χ1v) is 9.44. The Bertz CT molecular complexity index is 907. The second kappa shape index (κ2) is 9.53. The van der Waals surface area contributed by atoms with Crippen molar-refractivity contribution >= 4 is 17.9 Å². The van der Waals surface area contributed by atoms with Crippen LogP contribution in [0, 0.1) is 5.82 Å². The van der Waals surface area contributed by atoms with E-state index in [1.807, 2.05) is 0 Å². The monoisotopic (exact) mass is 420 g/mol. The number of carbonyl (C=O) groups is 2. The van der Waals surface area contributed by atoms with E-state index in [9.17, 15) is 23.5 Å². The number of amides is 2. The Morgan fingerprint density at radius 1 is 1.23 bits per heavy atom. The van der Waals surface area contributed by atoms with Crippen LogP contribution in [0.1, 0.15) is 12.0 Å². The molecule has 7 nitrogen and oxygen atoms in total. The molecule has 2 amide bonds. The molecule has 1 atom stereocenters. The van der Waals surface area contributed by atoms with Gasteiger partial charge in [0.05, 0.1) is 25.5 Å². The first kappa shape index (κ1) is 21.5. The summed E-state index contributed by atoms with van der Waals surface area (Å²) in [5.41, 5.74) is 1.94. The van der Waals surface area contributed by atoms with Crippen molar-refractivity contribution in [3.8, 4) is 11.1 Å². The van der Waals surface area contributed by atoms with E-state index in [-0.39, 0.29) is 32.7 Å². The molecule has 0 aromatic heterocycles. The van der Waals surface area contributed by atoms with Crippen LogP contribution in [-0.4, -0.2) is 59.8 Å². The average Bonchev–Trinajstić information content (AvgIpc) is 3.12. The minimum absolute atomic E-state index is 0.0970. The van der Waals surface area contributed by atoms with E-state index in [2.05, 4.69) is 0 Å². The Labute approximate surface area is 172 Å². The molecule has 2 aromatic rings. The molecule has 2 N–H and O–H groups in total. The summed E-state index contributed by atoms with van der Waals surface area (Å²) in [6.07, 6.45) is -2.27. The lowest BCUT2D eigenvalue weighted by atomic mass is 10.0. The van der Waals surface area contributed by atoms with Gasteiger partial charge in [-0.2, -0.15) is 0 Å². The van der Waals surface area contributed by atoms with E-state index in [1.165, 1.54) is 11.0 Å². The smallest absolute Gasteiger partial charge is 0.414 e. The van der Waals surface area contributed by atoms with Gasteiger partial charge in [-0.15, -0.1) is 0 Å². The molecular formula is C21H22F2N2O5. The Kier molecular flexibility index (Phi) is 6.83. The normalized spacial score (nSPS) is 15.9. The van der Waals surface area contributed by atoms with E-state index in [0.29, 0.717) is 22.4 Å². The fourth-order valence-corrected chi connectivity index (χ4v) is 3.24. The zero-order valence-corrected chi connectivity index (χ0v) is 16.1. The maximum atomic E-state index is 14.7. The van der Waals surface area contributed by atoms with Crippen LogP contribution >= 0.6 is 0 Å². The molecule has 0 spiro atoms. The number of aliphatic hydroxyl groups excluding tert-OH is 1. The highest BCUT2D eigenvalue weighted by Gasteiger charge is 2.32. The fraction of sp³-hybridized carbons (Fsp3) is 0.333. The van der Waals surface area contributed by atoms with Crippen molar-refractivity contribution in [3.63, 3.8) is 0 Å². The van der Waals surface area contributed by atoms with Crippen molar-refractivity contribution in [2.24, 2.45) is 0 Å². The Morgan fingerprint density at radius 3 is 2.53 bits per heavy atom. The van der Waals surface area contributed by atoms with E-state index >= 15 is 0 Å². The molecule has 3 rings (SSSR count). The number of halogens is 2. The van der Waals surface area contributed by atoms with Crippen LogP contribution in [0.5, 0.6) is 0 Å². The van der Waals surface area contributed by atoms with Crippen molar-refractivity contribution in [1.82, 2.24) is 4.90 Å². The van der Waals surface area contributed by atoms with Crippen molar-refractivity contribution in [2.45, 2.75) is 19.1 Å². The first-order chi connectivity index (χ1) is 14.4. The number of nitrogens with zero attached hydrogens (tertiary/aromatic N) is 2. The number of ether oxygens (including phenoxy) is 1. The second-order valence-corrected chi connectivity index (χ2v) is 6.91. The number of aliphatic hydroxyl groups is 1. The largest absolute Gasteiger partial charge is 0.465 e. The Balaban J connectivity index is 1.73. The van der Waals surface area contributed by atoms with Crippen LogP contribution in [0.25, 0.3) is 11.1 Å². The van der Waals surface area contributed by atoms with Crippen molar-refractivity contribution in [2.75, 3.05) is 31.3 Å². The van der Waals surface area contributed by atoms with Crippen LogP contribution in [0.15, 0.2) is 42.5 Å². The molecule has 1 unspecified atom stereocenters. The summed E-state index contributed by atoms with van der Waals surface area (Å²) in [5, 5.41) is 18.3. The van der Waals surface area contributed by atoms with Crippen molar-refractivity contribution in [3.05, 3.63) is 53.8 Å². The number of hydrogen-bond donors (Lipinski definition) is 2. The number of carbonyl (C=O) groups excluding carboxylic acids is 1. The molecular weight excluding hydrogens is 398 g/mol. The second-order valence-electron chi connectivity index (χ2n) is 6.91. The summed E-state index contributed by atoms with van der Waals surface area (Å²) < 4.78 is 32.0. The molecule has 9 heteroatoms. The molecule has 160 valence electrons. The van der Waals surface area contributed by atoms with Crippen molar-refractivity contribution < 1.29 is 33.3 Å². The van der Waals surface area contributed by atoms with Gasteiger partial charge < -0.3 is 19.8 Å². The van der Waals surface area contributed by atoms with Gasteiger partial charge in [0, 0.05) is 18.7 Å². The van der Waals surface area contributed by atoms with Gasteiger partial charge in [0.2, 0.25) is 0 Å². The number of hydrogen-bond acceptors (Lipinski definition) is 4. The number of carboxylic acid groups (broad SMARTS) is 1. The molecule has 2 aromatic carbocycles. The van der Waals surface area contributed by atoms with Crippen LogP contribution in [0.4, 0.5) is 24.1 Å². The molecule has 30 heavy (non-hydrogen) atoms. The number of benzene rings is 2.